The number of carbonyl (C=O) groups is 2. The van der Waals surface area contributed by atoms with Gasteiger partial charge in [0.05, 0.1) is 6.07 Å². The van der Waals surface area contributed by atoms with Crippen LogP contribution in [0.15, 0.2) is 0 Å². The van der Waals surface area contributed by atoms with Crippen LogP contribution < -0.4 is 5.32 Å². The van der Waals surface area contributed by atoms with Crippen LogP contribution in [0, 0.1) is 11.3 Å². The second kappa shape index (κ2) is 6.45. The second-order valence-corrected chi connectivity index (χ2v) is 4.77. The summed E-state index contributed by atoms with van der Waals surface area (Å²) in [5.41, 5.74) is 0. The Morgan fingerprint density at radius 1 is 1.53 bits per heavy atom. The molecule has 1 N–H and O–H groups in total. The summed E-state index contributed by atoms with van der Waals surface area (Å²) in [7, 11) is 0. The first kappa shape index (κ1) is 13.8. The number of carbonyl (C=O) groups excluding carboxylic acids is 2. The normalized spacial score (nSPS) is 18.3. The Bertz CT molecular complexity index is 330. The maximum Gasteiger partial charge on any atom is 0.237 e. The van der Waals surface area contributed by atoms with Gasteiger partial charge in [-0.05, 0) is 19.8 Å². The number of hydrogen-bond acceptors (Lipinski definition) is 3. The van der Waals surface area contributed by atoms with Crippen LogP contribution in [0.2, 0.25) is 0 Å². The topological polar surface area (TPSA) is 73.2 Å². The van der Waals surface area contributed by atoms with Gasteiger partial charge < -0.3 is 10.2 Å². The van der Waals surface area contributed by atoms with Crippen molar-refractivity contribution in [3.63, 3.8) is 0 Å². The van der Waals surface area contributed by atoms with E-state index >= 15 is 0 Å². The zero-order chi connectivity index (χ0) is 12.8. The zero-order valence-corrected chi connectivity index (χ0v) is 10.5. The van der Waals surface area contributed by atoms with Gasteiger partial charge in [-0.25, -0.2) is 0 Å². The van der Waals surface area contributed by atoms with Crippen molar-refractivity contribution in [2.75, 3.05) is 13.1 Å². The third-order valence-corrected chi connectivity index (χ3v) is 2.98. The fourth-order valence-electron chi connectivity index (χ4n) is 1.77. The molecule has 6 heteroatoms. The third-order valence-electron chi connectivity index (χ3n) is 2.79. The highest BCUT2D eigenvalue weighted by molar-refractivity contribution is 6.30. The van der Waals surface area contributed by atoms with E-state index in [-0.39, 0.29) is 24.3 Å². The number of alkyl halides is 1. The Hall–Kier alpha value is -1.28. The molecule has 0 radical (unpaired) electrons. The van der Waals surface area contributed by atoms with Crippen molar-refractivity contribution < 1.29 is 9.59 Å². The number of piperidine rings is 1. The molecule has 94 valence electrons. The molecule has 0 aromatic carbocycles. The molecule has 0 aromatic rings. The smallest absolute Gasteiger partial charge is 0.237 e. The number of likely N-dealkylation sites (tertiary alicyclic amines) is 1. The van der Waals surface area contributed by atoms with Gasteiger partial charge in [0.25, 0.3) is 0 Å². The quantitative estimate of drug-likeness (QED) is 0.754. The van der Waals surface area contributed by atoms with Crippen LogP contribution >= 0.6 is 11.6 Å². The first-order valence-electron chi connectivity index (χ1n) is 5.63. The van der Waals surface area contributed by atoms with Crippen molar-refractivity contribution in [2.45, 2.75) is 37.6 Å². The van der Waals surface area contributed by atoms with E-state index in [1.165, 1.54) is 0 Å². The summed E-state index contributed by atoms with van der Waals surface area (Å²) in [6, 6.07) is 1.92. The van der Waals surface area contributed by atoms with Crippen molar-refractivity contribution in [2.24, 2.45) is 0 Å². The number of nitrogens with one attached hydrogen (secondary N) is 1. The van der Waals surface area contributed by atoms with E-state index in [0.29, 0.717) is 25.9 Å². The van der Waals surface area contributed by atoms with Gasteiger partial charge in [-0.15, -0.1) is 11.6 Å². The van der Waals surface area contributed by atoms with Crippen LogP contribution in [0.5, 0.6) is 0 Å². The van der Waals surface area contributed by atoms with Crippen molar-refractivity contribution in [1.29, 1.82) is 5.26 Å². The molecule has 5 nitrogen and oxygen atoms in total. The average Bonchev–Trinajstić information content (AvgIpc) is 2.30. The third kappa shape index (κ3) is 4.23. The number of hydrogen-bond donors (Lipinski definition) is 1. The minimum atomic E-state index is -0.534. The molecule has 1 fully saturated rings. The zero-order valence-electron chi connectivity index (χ0n) is 9.78. The number of amides is 2. The minimum Gasteiger partial charge on any atom is -0.352 e. The second-order valence-electron chi connectivity index (χ2n) is 4.11. The lowest BCUT2D eigenvalue weighted by atomic mass is 10.0. The predicted molar refractivity (Wildman–Crippen MR) is 63.3 cm³/mol. The molecule has 1 atom stereocenters. The largest absolute Gasteiger partial charge is 0.352 e. The highest BCUT2D eigenvalue weighted by Gasteiger charge is 2.24. The average molecular weight is 258 g/mol. The Morgan fingerprint density at radius 3 is 2.59 bits per heavy atom. The van der Waals surface area contributed by atoms with Crippen molar-refractivity contribution in [3.05, 3.63) is 0 Å². The van der Waals surface area contributed by atoms with Crippen LogP contribution in [0.1, 0.15) is 26.2 Å². The molecule has 0 bridgehead atoms. The summed E-state index contributed by atoms with van der Waals surface area (Å²) in [6.45, 7) is 2.80. The Kier molecular flexibility index (Phi) is 5.23. The summed E-state index contributed by atoms with van der Waals surface area (Å²) in [6.07, 6.45) is 1.36. The van der Waals surface area contributed by atoms with Gasteiger partial charge in [0.15, 0.2) is 0 Å². The standard InChI is InChI=1S/C11H16ClN3O2/c1-8(12)11(17)14-9-3-6-15(7-4-9)10(16)2-5-13/h8-9H,2-4,6-7H2,1H3,(H,14,17). The van der Waals surface area contributed by atoms with E-state index in [0.717, 1.165) is 0 Å². The van der Waals surface area contributed by atoms with Crippen LogP contribution in [0.4, 0.5) is 0 Å². The van der Waals surface area contributed by atoms with Crippen LogP contribution in [0.25, 0.3) is 0 Å². The van der Waals surface area contributed by atoms with E-state index in [9.17, 15) is 9.59 Å². The summed E-state index contributed by atoms with van der Waals surface area (Å²) in [4.78, 5) is 24.5. The van der Waals surface area contributed by atoms with E-state index in [4.69, 9.17) is 16.9 Å². The SMILES string of the molecule is CC(Cl)C(=O)NC1CCN(C(=O)CC#N)CC1. The van der Waals surface area contributed by atoms with Gasteiger partial charge in [-0.3, -0.25) is 9.59 Å². The molecule has 1 rings (SSSR count). The molecule has 0 aromatic heterocycles. The highest BCUT2D eigenvalue weighted by Crippen LogP contribution is 2.12. The number of halogens is 1. The lowest BCUT2D eigenvalue weighted by molar-refractivity contribution is -0.131. The maximum absolute atomic E-state index is 11.4. The maximum atomic E-state index is 11.4. The molecule has 1 saturated heterocycles. The van der Waals surface area contributed by atoms with Crippen molar-refractivity contribution in [1.82, 2.24) is 10.2 Å². The fraction of sp³-hybridized carbons (Fsp3) is 0.727. The minimum absolute atomic E-state index is 0.0737. The molecule has 0 aliphatic carbocycles. The van der Waals surface area contributed by atoms with Gasteiger partial charge in [-0.2, -0.15) is 5.26 Å². The van der Waals surface area contributed by atoms with Gasteiger partial charge in [-0.1, -0.05) is 0 Å². The number of nitrogens with zero attached hydrogens (tertiary/aromatic N) is 2. The van der Waals surface area contributed by atoms with Gasteiger partial charge in [0, 0.05) is 19.1 Å². The lowest BCUT2D eigenvalue weighted by Gasteiger charge is -2.32. The Balaban J connectivity index is 2.34. The number of nitriles is 1. The fourth-order valence-corrected chi connectivity index (χ4v) is 1.83. The van der Waals surface area contributed by atoms with Gasteiger partial charge in [0.1, 0.15) is 11.8 Å². The summed E-state index contributed by atoms with van der Waals surface area (Å²) >= 11 is 5.66. The van der Waals surface area contributed by atoms with E-state index in [1.807, 2.05) is 6.07 Å². The first-order valence-corrected chi connectivity index (χ1v) is 6.07. The molecule has 0 spiro atoms. The van der Waals surface area contributed by atoms with Crippen LogP contribution in [0.3, 0.4) is 0 Å². The molecule has 1 unspecified atom stereocenters. The summed E-state index contributed by atoms with van der Waals surface area (Å²) in [5.74, 6) is -0.309. The van der Waals surface area contributed by atoms with Crippen LogP contribution in [-0.4, -0.2) is 41.2 Å². The molecule has 2 amide bonds. The van der Waals surface area contributed by atoms with E-state index in [1.54, 1.807) is 11.8 Å². The Morgan fingerprint density at radius 2 is 2.12 bits per heavy atom. The molecule has 1 aliphatic rings. The molecule has 1 heterocycles. The van der Waals surface area contributed by atoms with E-state index < -0.39 is 5.38 Å². The predicted octanol–water partition coefficient (Wildman–Crippen LogP) is 0.635. The highest BCUT2D eigenvalue weighted by atomic mass is 35.5. The number of rotatable bonds is 3. The van der Waals surface area contributed by atoms with Gasteiger partial charge in [0.2, 0.25) is 11.8 Å². The van der Waals surface area contributed by atoms with E-state index in [2.05, 4.69) is 5.32 Å². The molecule has 1 aliphatic heterocycles. The van der Waals surface area contributed by atoms with Crippen molar-refractivity contribution >= 4 is 23.4 Å². The van der Waals surface area contributed by atoms with Crippen molar-refractivity contribution in [3.8, 4) is 6.07 Å². The van der Waals surface area contributed by atoms with Crippen LogP contribution in [-0.2, 0) is 9.59 Å². The lowest BCUT2D eigenvalue weighted by Crippen LogP contribution is -2.47. The van der Waals surface area contributed by atoms with Gasteiger partial charge >= 0.3 is 0 Å². The monoisotopic (exact) mass is 257 g/mol. The Labute approximate surface area is 106 Å². The first-order chi connectivity index (χ1) is 8.04. The molecular weight excluding hydrogens is 242 g/mol. The molecule has 17 heavy (non-hydrogen) atoms. The summed E-state index contributed by atoms with van der Waals surface area (Å²) in [5, 5.41) is 10.7. The molecule has 0 saturated carbocycles. The molecular formula is C11H16ClN3O2. The summed E-state index contributed by atoms with van der Waals surface area (Å²) < 4.78 is 0.